The zero-order valence-corrected chi connectivity index (χ0v) is 15.1. The number of benzene rings is 2. The number of nitrogens with zero attached hydrogens (tertiary/aromatic N) is 3. The summed E-state index contributed by atoms with van der Waals surface area (Å²) in [6.45, 7) is -0.227. The van der Waals surface area contributed by atoms with Gasteiger partial charge in [-0.15, -0.1) is 0 Å². The number of nitro benzene ring substituents is 1. The SMILES string of the molecule is N#Cc1ccc(NC(=O)[C@@H](O)Cn2ccc3cc([N+](=O)[O-])ccc32)cc1C(F)(F)F. The first-order valence-electron chi connectivity index (χ1n) is 8.43. The summed E-state index contributed by atoms with van der Waals surface area (Å²) in [5.41, 5.74) is -1.59. The monoisotopic (exact) mass is 418 g/mol. The van der Waals surface area contributed by atoms with E-state index in [4.69, 9.17) is 5.26 Å². The van der Waals surface area contributed by atoms with Crippen LogP contribution < -0.4 is 5.32 Å². The van der Waals surface area contributed by atoms with Gasteiger partial charge in [0.2, 0.25) is 0 Å². The Kier molecular flexibility index (Phi) is 5.44. The number of anilines is 1. The number of nitro groups is 1. The first-order valence-corrected chi connectivity index (χ1v) is 8.43. The second kappa shape index (κ2) is 7.84. The molecular formula is C19H13F3N4O4. The Bertz CT molecular complexity index is 1180. The average molecular weight is 418 g/mol. The van der Waals surface area contributed by atoms with Gasteiger partial charge in [-0.05, 0) is 30.3 Å². The molecule has 154 valence electrons. The third kappa shape index (κ3) is 4.23. The van der Waals surface area contributed by atoms with Crippen molar-refractivity contribution < 1.29 is 28.0 Å². The van der Waals surface area contributed by atoms with E-state index in [2.05, 4.69) is 5.32 Å². The van der Waals surface area contributed by atoms with Crippen LogP contribution in [0.3, 0.4) is 0 Å². The third-order valence-corrected chi connectivity index (χ3v) is 4.35. The van der Waals surface area contributed by atoms with Gasteiger partial charge in [-0.25, -0.2) is 0 Å². The summed E-state index contributed by atoms with van der Waals surface area (Å²) >= 11 is 0. The number of nitrogens with one attached hydrogen (secondary N) is 1. The Morgan fingerprint density at radius 2 is 2.00 bits per heavy atom. The largest absolute Gasteiger partial charge is 0.417 e. The standard InChI is InChI=1S/C19H13F3N4O4/c20-19(21,22)15-8-13(2-1-12(15)9-23)24-18(28)17(27)10-25-6-5-11-7-14(26(29)30)3-4-16(11)25/h1-8,17,27H,10H2,(H,24,28)/t17-/m0/s1. The molecule has 1 amide bonds. The van der Waals surface area contributed by atoms with Crippen molar-refractivity contribution in [2.75, 3.05) is 5.32 Å². The van der Waals surface area contributed by atoms with Crippen LogP contribution in [-0.4, -0.2) is 26.6 Å². The van der Waals surface area contributed by atoms with E-state index >= 15 is 0 Å². The lowest BCUT2D eigenvalue weighted by atomic mass is 10.1. The van der Waals surface area contributed by atoms with Crippen LogP contribution in [0.25, 0.3) is 10.9 Å². The van der Waals surface area contributed by atoms with Gasteiger partial charge in [-0.2, -0.15) is 18.4 Å². The van der Waals surface area contributed by atoms with E-state index < -0.39 is 34.2 Å². The van der Waals surface area contributed by atoms with Crippen molar-refractivity contribution in [2.45, 2.75) is 18.8 Å². The fourth-order valence-corrected chi connectivity index (χ4v) is 2.91. The maximum absolute atomic E-state index is 13.0. The van der Waals surface area contributed by atoms with Crippen molar-refractivity contribution in [3.8, 4) is 6.07 Å². The number of hydrogen-bond acceptors (Lipinski definition) is 5. The van der Waals surface area contributed by atoms with Crippen LogP contribution in [0.4, 0.5) is 24.5 Å². The van der Waals surface area contributed by atoms with Gasteiger partial charge in [0, 0.05) is 34.9 Å². The summed E-state index contributed by atoms with van der Waals surface area (Å²) in [4.78, 5) is 22.5. The molecule has 0 spiro atoms. The summed E-state index contributed by atoms with van der Waals surface area (Å²) < 4.78 is 40.6. The van der Waals surface area contributed by atoms with Crippen LogP contribution in [0.1, 0.15) is 11.1 Å². The van der Waals surface area contributed by atoms with E-state index in [1.807, 2.05) is 0 Å². The quantitative estimate of drug-likeness (QED) is 0.486. The summed E-state index contributed by atoms with van der Waals surface area (Å²) in [5.74, 6) is -0.948. The van der Waals surface area contributed by atoms with Crippen LogP contribution in [0.2, 0.25) is 0 Å². The molecule has 1 heterocycles. The summed E-state index contributed by atoms with van der Waals surface area (Å²) in [6.07, 6.45) is -4.87. The highest BCUT2D eigenvalue weighted by atomic mass is 19.4. The predicted molar refractivity (Wildman–Crippen MR) is 99.4 cm³/mol. The third-order valence-electron chi connectivity index (χ3n) is 4.35. The second-order valence-corrected chi connectivity index (χ2v) is 6.34. The first-order chi connectivity index (χ1) is 14.1. The van der Waals surface area contributed by atoms with E-state index in [1.165, 1.54) is 35.0 Å². The van der Waals surface area contributed by atoms with Gasteiger partial charge in [0.1, 0.15) is 0 Å². The van der Waals surface area contributed by atoms with E-state index in [0.29, 0.717) is 17.0 Å². The van der Waals surface area contributed by atoms with Crippen LogP contribution >= 0.6 is 0 Å². The molecule has 0 saturated heterocycles. The molecule has 0 aliphatic carbocycles. The number of carbonyl (C=O) groups is 1. The first kappa shape index (κ1) is 20.8. The number of rotatable bonds is 5. The zero-order chi connectivity index (χ0) is 22.1. The molecule has 0 fully saturated rings. The Balaban J connectivity index is 1.76. The normalized spacial score (nSPS) is 12.4. The Hall–Kier alpha value is -3.91. The van der Waals surface area contributed by atoms with Crippen molar-refractivity contribution >= 4 is 28.2 Å². The highest BCUT2D eigenvalue weighted by Crippen LogP contribution is 2.33. The smallest absolute Gasteiger partial charge is 0.381 e. The summed E-state index contributed by atoms with van der Waals surface area (Å²) in [6, 6.07) is 9.77. The number of aliphatic hydroxyl groups is 1. The van der Waals surface area contributed by atoms with Gasteiger partial charge >= 0.3 is 6.18 Å². The fourth-order valence-electron chi connectivity index (χ4n) is 2.91. The molecular weight excluding hydrogens is 405 g/mol. The van der Waals surface area contributed by atoms with E-state index in [9.17, 15) is 33.2 Å². The molecule has 0 aliphatic heterocycles. The number of nitriles is 1. The second-order valence-electron chi connectivity index (χ2n) is 6.34. The van der Waals surface area contributed by atoms with Gasteiger partial charge < -0.3 is 15.0 Å². The summed E-state index contributed by atoms with van der Waals surface area (Å²) in [5, 5.41) is 32.5. The van der Waals surface area contributed by atoms with Crippen molar-refractivity contribution in [3.05, 3.63) is 69.9 Å². The number of aromatic nitrogens is 1. The van der Waals surface area contributed by atoms with Gasteiger partial charge in [-0.1, -0.05) is 0 Å². The molecule has 2 N–H and O–H groups in total. The number of alkyl halides is 3. The lowest BCUT2D eigenvalue weighted by Crippen LogP contribution is -2.31. The fraction of sp³-hybridized carbons (Fsp3) is 0.158. The van der Waals surface area contributed by atoms with E-state index in [1.54, 1.807) is 6.07 Å². The molecule has 0 aliphatic rings. The zero-order valence-electron chi connectivity index (χ0n) is 15.1. The molecule has 2 aromatic carbocycles. The minimum absolute atomic E-state index is 0.111. The molecule has 0 saturated carbocycles. The Morgan fingerprint density at radius 1 is 1.27 bits per heavy atom. The number of non-ortho nitro benzene ring substituents is 1. The van der Waals surface area contributed by atoms with Crippen LogP contribution in [0.5, 0.6) is 0 Å². The predicted octanol–water partition coefficient (Wildman–Crippen LogP) is 3.44. The molecule has 30 heavy (non-hydrogen) atoms. The van der Waals surface area contributed by atoms with Crippen LogP contribution in [-0.2, 0) is 17.5 Å². The van der Waals surface area contributed by atoms with Gasteiger partial charge in [0.05, 0.1) is 28.7 Å². The van der Waals surface area contributed by atoms with Crippen molar-refractivity contribution in [1.82, 2.24) is 4.57 Å². The molecule has 0 radical (unpaired) electrons. The van der Waals surface area contributed by atoms with Crippen LogP contribution in [0, 0.1) is 21.4 Å². The number of halogens is 3. The Morgan fingerprint density at radius 3 is 2.63 bits per heavy atom. The molecule has 3 rings (SSSR count). The maximum atomic E-state index is 13.0. The maximum Gasteiger partial charge on any atom is 0.417 e. The van der Waals surface area contributed by atoms with E-state index in [-0.39, 0.29) is 17.9 Å². The average Bonchev–Trinajstić information content (AvgIpc) is 3.09. The molecule has 8 nitrogen and oxygen atoms in total. The van der Waals surface area contributed by atoms with Crippen molar-refractivity contribution in [3.63, 3.8) is 0 Å². The van der Waals surface area contributed by atoms with Gasteiger partial charge in [-0.3, -0.25) is 14.9 Å². The molecule has 1 atom stereocenters. The lowest BCUT2D eigenvalue weighted by Gasteiger charge is -2.15. The minimum atomic E-state index is -4.78. The topological polar surface area (TPSA) is 121 Å². The van der Waals surface area contributed by atoms with Crippen LogP contribution in [0.15, 0.2) is 48.7 Å². The Labute approximate surface area is 166 Å². The van der Waals surface area contributed by atoms with E-state index in [0.717, 1.165) is 12.1 Å². The lowest BCUT2D eigenvalue weighted by molar-refractivity contribution is -0.384. The van der Waals surface area contributed by atoms with Crippen molar-refractivity contribution in [1.29, 1.82) is 5.26 Å². The number of amides is 1. The highest BCUT2D eigenvalue weighted by molar-refractivity contribution is 5.94. The number of aliphatic hydroxyl groups excluding tert-OH is 1. The van der Waals surface area contributed by atoms with Gasteiger partial charge in [0.15, 0.2) is 6.10 Å². The molecule has 0 unspecified atom stereocenters. The van der Waals surface area contributed by atoms with Crippen molar-refractivity contribution in [2.24, 2.45) is 0 Å². The number of fused-ring (bicyclic) bond motifs is 1. The highest BCUT2D eigenvalue weighted by Gasteiger charge is 2.34. The minimum Gasteiger partial charge on any atom is -0.381 e. The molecule has 3 aromatic rings. The molecule has 0 bridgehead atoms. The number of carbonyl (C=O) groups excluding carboxylic acids is 1. The molecule has 11 heteroatoms. The number of hydrogen-bond donors (Lipinski definition) is 2. The summed E-state index contributed by atoms with van der Waals surface area (Å²) in [7, 11) is 0. The van der Waals surface area contributed by atoms with Gasteiger partial charge in [0.25, 0.3) is 11.6 Å². The molecule has 1 aromatic heterocycles.